The Morgan fingerprint density at radius 1 is 1.00 bits per heavy atom. The lowest BCUT2D eigenvalue weighted by Gasteiger charge is -2.30. The van der Waals surface area contributed by atoms with E-state index in [9.17, 15) is 4.79 Å². The maximum Gasteiger partial charge on any atom is 0.136 e. The highest BCUT2D eigenvalue weighted by Crippen LogP contribution is 2.42. The van der Waals surface area contributed by atoms with Crippen molar-refractivity contribution in [3.05, 3.63) is 11.3 Å². The summed E-state index contributed by atoms with van der Waals surface area (Å²) in [7, 11) is -2.82. The third kappa shape index (κ3) is 5.46. The summed E-state index contributed by atoms with van der Waals surface area (Å²) < 4.78 is 0. The van der Waals surface area contributed by atoms with E-state index in [-0.39, 0.29) is 0 Å². The molecule has 2 aliphatic rings. The van der Waals surface area contributed by atoms with Gasteiger partial charge in [-0.3, -0.25) is 4.79 Å². The SMILES string of the molecule is C[Si](C)(C)C#C/C(=C\C1CCC(=O)C1C1CCCCC1)[Si](C)(C)C. The van der Waals surface area contributed by atoms with Crippen LogP contribution in [-0.2, 0) is 4.79 Å². The Balaban J connectivity index is 2.28. The number of carbonyl (C=O) groups excluding carboxylic acids is 1. The third-order valence-corrected chi connectivity index (χ3v) is 8.26. The van der Waals surface area contributed by atoms with Gasteiger partial charge >= 0.3 is 0 Å². The maximum absolute atomic E-state index is 12.6. The lowest BCUT2D eigenvalue weighted by Crippen LogP contribution is -2.29. The third-order valence-electron chi connectivity index (χ3n) is 5.48. The van der Waals surface area contributed by atoms with Gasteiger partial charge in [0.15, 0.2) is 0 Å². The summed E-state index contributed by atoms with van der Waals surface area (Å²) in [4.78, 5) is 12.6. The Bertz CT molecular complexity index is 545. The Kier molecular flexibility index (Phi) is 6.37. The van der Waals surface area contributed by atoms with Crippen molar-refractivity contribution in [2.24, 2.45) is 17.8 Å². The van der Waals surface area contributed by atoms with E-state index >= 15 is 0 Å². The van der Waals surface area contributed by atoms with E-state index in [1.54, 1.807) is 0 Å². The van der Waals surface area contributed by atoms with Crippen molar-refractivity contribution in [3.8, 4) is 11.5 Å². The molecule has 0 radical (unpaired) electrons. The fraction of sp³-hybridized carbons (Fsp3) is 0.762. The van der Waals surface area contributed by atoms with Crippen molar-refractivity contribution in [2.45, 2.75) is 84.2 Å². The summed E-state index contributed by atoms with van der Waals surface area (Å²) in [5.41, 5.74) is 3.58. The first kappa shape index (κ1) is 19.7. The Hall–Kier alpha value is -0.596. The van der Waals surface area contributed by atoms with E-state index < -0.39 is 16.1 Å². The van der Waals surface area contributed by atoms with E-state index in [0.717, 1.165) is 12.8 Å². The minimum absolute atomic E-state index is 0.297. The second kappa shape index (κ2) is 7.74. The van der Waals surface area contributed by atoms with Gasteiger partial charge < -0.3 is 0 Å². The summed E-state index contributed by atoms with van der Waals surface area (Å²) in [6.07, 6.45) is 10.9. The second-order valence-corrected chi connectivity index (χ2v) is 19.7. The van der Waals surface area contributed by atoms with Gasteiger partial charge in [0, 0.05) is 12.3 Å². The van der Waals surface area contributed by atoms with E-state index in [4.69, 9.17) is 0 Å². The molecule has 2 rings (SSSR count). The summed E-state index contributed by atoms with van der Waals surface area (Å²) in [5.74, 6) is 5.52. The van der Waals surface area contributed by atoms with Crippen molar-refractivity contribution >= 4 is 21.9 Å². The number of carbonyl (C=O) groups is 1. The van der Waals surface area contributed by atoms with Gasteiger partial charge in [-0.25, -0.2) is 0 Å². The molecule has 24 heavy (non-hydrogen) atoms. The largest absolute Gasteiger partial charge is 0.299 e. The van der Waals surface area contributed by atoms with Gasteiger partial charge in [-0.2, -0.15) is 0 Å². The van der Waals surface area contributed by atoms with Gasteiger partial charge in [-0.1, -0.05) is 70.5 Å². The van der Waals surface area contributed by atoms with Crippen LogP contribution in [0.25, 0.3) is 0 Å². The van der Waals surface area contributed by atoms with Gasteiger partial charge in [0.25, 0.3) is 0 Å². The van der Waals surface area contributed by atoms with Crippen molar-refractivity contribution in [1.82, 2.24) is 0 Å². The quantitative estimate of drug-likeness (QED) is 0.456. The molecule has 134 valence electrons. The fourth-order valence-corrected chi connectivity index (χ4v) is 5.92. The van der Waals surface area contributed by atoms with Gasteiger partial charge in [-0.05, 0) is 36.3 Å². The number of ketones is 1. The van der Waals surface area contributed by atoms with Crippen LogP contribution < -0.4 is 0 Å². The van der Waals surface area contributed by atoms with E-state index in [2.05, 4.69) is 56.8 Å². The van der Waals surface area contributed by atoms with Crippen LogP contribution in [0.2, 0.25) is 39.3 Å². The van der Waals surface area contributed by atoms with Crippen LogP contribution in [0, 0.1) is 29.2 Å². The highest BCUT2D eigenvalue weighted by atomic mass is 28.3. The first-order valence-corrected chi connectivity index (χ1v) is 16.9. The molecule has 0 bridgehead atoms. The Morgan fingerprint density at radius 3 is 2.17 bits per heavy atom. The number of Topliss-reactive ketones (excluding diaryl/α,β-unsaturated/α-hetero) is 1. The van der Waals surface area contributed by atoms with E-state index in [1.165, 1.54) is 37.3 Å². The van der Waals surface area contributed by atoms with Gasteiger partial charge in [0.1, 0.15) is 13.9 Å². The summed E-state index contributed by atoms with van der Waals surface area (Å²) >= 11 is 0. The molecule has 0 amide bonds. The second-order valence-electron chi connectivity index (χ2n) is 9.92. The predicted octanol–water partition coefficient (Wildman–Crippen LogP) is 5.85. The van der Waals surface area contributed by atoms with Gasteiger partial charge in [0.05, 0.1) is 8.07 Å². The van der Waals surface area contributed by atoms with Crippen LogP contribution in [-0.4, -0.2) is 21.9 Å². The molecule has 2 aliphatic carbocycles. The van der Waals surface area contributed by atoms with Gasteiger partial charge in [-0.15, -0.1) is 5.54 Å². The summed E-state index contributed by atoms with van der Waals surface area (Å²) in [5, 5.41) is 1.39. The Labute approximate surface area is 151 Å². The summed E-state index contributed by atoms with van der Waals surface area (Å²) in [6, 6.07) is 0. The smallest absolute Gasteiger partial charge is 0.136 e. The molecule has 2 unspecified atom stereocenters. The lowest BCUT2D eigenvalue weighted by atomic mass is 9.75. The molecule has 2 atom stereocenters. The molecule has 0 aromatic heterocycles. The minimum Gasteiger partial charge on any atom is -0.299 e. The molecule has 0 spiro atoms. The molecule has 0 aromatic carbocycles. The highest BCUT2D eigenvalue weighted by molar-refractivity contribution is 6.86. The molecule has 0 heterocycles. The molecule has 2 fully saturated rings. The van der Waals surface area contributed by atoms with E-state index in [0.29, 0.717) is 23.5 Å². The fourth-order valence-electron chi connectivity index (χ4n) is 4.13. The number of hydrogen-bond donors (Lipinski definition) is 0. The van der Waals surface area contributed by atoms with Crippen LogP contribution in [0.4, 0.5) is 0 Å². The van der Waals surface area contributed by atoms with Crippen LogP contribution in [0.15, 0.2) is 11.3 Å². The minimum atomic E-state index is -1.46. The number of rotatable bonds is 3. The van der Waals surface area contributed by atoms with Crippen LogP contribution >= 0.6 is 0 Å². The molecule has 0 N–H and O–H groups in total. The zero-order chi connectivity index (χ0) is 18.0. The predicted molar refractivity (Wildman–Crippen MR) is 110 cm³/mol. The molecule has 0 saturated heterocycles. The van der Waals surface area contributed by atoms with Crippen LogP contribution in [0.3, 0.4) is 0 Å². The number of allylic oxidation sites excluding steroid dienone is 2. The standard InChI is InChI=1S/C21H36OSi2/c1-23(2,3)15-14-19(24(4,5)6)16-18-12-13-20(22)21(18)17-10-8-7-9-11-17/h16-18,21H,7-13H2,1-6H3/b19-16+. The zero-order valence-electron chi connectivity index (χ0n) is 16.7. The average Bonchev–Trinajstić information content (AvgIpc) is 2.83. The molecule has 0 aliphatic heterocycles. The molecule has 1 nitrogen and oxygen atoms in total. The Morgan fingerprint density at radius 2 is 1.62 bits per heavy atom. The first-order valence-electron chi connectivity index (χ1n) is 9.86. The number of hydrogen-bond acceptors (Lipinski definition) is 1. The van der Waals surface area contributed by atoms with Crippen molar-refractivity contribution in [1.29, 1.82) is 0 Å². The first-order chi connectivity index (χ1) is 11.1. The summed E-state index contributed by atoms with van der Waals surface area (Å²) in [6.45, 7) is 14.1. The monoisotopic (exact) mass is 360 g/mol. The van der Waals surface area contributed by atoms with Crippen LogP contribution in [0.1, 0.15) is 44.9 Å². The average molecular weight is 361 g/mol. The van der Waals surface area contributed by atoms with Crippen molar-refractivity contribution < 1.29 is 4.79 Å². The molecule has 0 aromatic rings. The lowest BCUT2D eigenvalue weighted by molar-refractivity contribution is -0.122. The maximum atomic E-state index is 12.6. The van der Waals surface area contributed by atoms with Crippen molar-refractivity contribution in [3.63, 3.8) is 0 Å². The highest BCUT2D eigenvalue weighted by Gasteiger charge is 2.39. The van der Waals surface area contributed by atoms with Gasteiger partial charge in [0.2, 0.25) is 0 Å². The van der Waals surface area contributed by atoms with E-state index in [1.807, 2.05) is 0 Å². The molecule has 3 heteroatoms. The zero-order valence-corrected chi connectivity index (χ0v) is 18.7. The topological polar surface area (TPSA) is 17.1 Å². The van der Waals surface area contributed by atoms with Crippen LogP contribution in [0.5, 0.6) is 0 Å². The molecule has 2 saturated carbocycles. The molecular weight excluding hydrogens is 324 g/mol. The normalized spacial score (nSPS) is 27.1. The molecular formula is C21H36OSi2. The van der Waals surface area contributed by atoms with Crippen molar-refractivity contribution in [2.75, 3.05) is 0 Å².